The van der Waals surface area contributed by atoms with Crippen molar-refractivity contribution < 1.29 is 0 Å². The van der Waals surface area contributed by atoms with Crippen LogP contribution < -0.4 is 5.73 Å². The molecule has 1 fully saturated rings. The van der Waals surface area contributed by atoms with Crippen molar-refractivity contribution in [3.63, 3.8) is 0 Å². The number of aromatic amines is 1. The van der Waals surface area contributed by atoms with Crippen LogP contribution in [0.4, 0.5) is 0 Å². The molecular formula is C14H17N3. The first-order chi connectivity index (χ1) is 8.22. The Bertz CT molecular complexity index is 509. The number of H-pyrrole nitrogens is 1. The van der Waals surface area contributed by atoms with Gasteiger partial charge in [0.05, 0.1) is 5.69 Å². The molecule has 1 aromatic heterocycles. The van der Waals surface area contributed by atoms with Gasteiger partial charge in [-0.3, -0.25) is 5.10 Å². The second-order valence-corrected chi connectivity index (χ2v) is 4.98. The highest BCUT2D eigenvalue weighted by molar-refractivity contribution is 5.59. The van der Waals surface area contributed by atoms with Gasteiger partial charge in [0.2, 0.25) is 0 Å². The summed E-state index contributed by atoms with van der Waals surface area (Å²) in [6.07, 6.45) is 2.34. The molecule has 0 amide bonds. The van der Waals surface area contributed by atoms with Crippen LogP contribution in [0.25, 0.3) is 11.3 Å². The molecule has 1 heterocycles. The summed E-state index contributed by atoms with van der Waals surface area (Å²) in [6, 6.07) is 12.6. The first-order valence-corrected chi connectivity index (χ1v) is 6.09. The van der Waals surface area contributed by atoms with E-state index in [2.05, 4.69) is 35.3 Å². The van der Waals surface area contributed by atoms with Gasteiger partial charge in [0.25, 0.3) is 0 Å². The number of benzene rings is 1. The van der Waals surface area contributed by atoms with Crippen LogP contribution in [0.1, 0.15) is 25.5 Å². The fourth-order valence-corrected chi connectivity index (χ4v) is 2.44. The zero-order chi connectivity index (χ0) is 11.9. The van der Waals surface area contributed by atoms with Crippen LogP contribution in [-0.2, 0) is 5.41 Å². The Balaban J connectivity index is 1.94. The Labute approximate surface area is 101 Å². The van der Waals surface area contributed by atoms with Crippen LogP contribution in [0.15, 0.2) is 36.4 Å². The minimum absolute atomic E-state index is 0.153. The van der Waals surface area contributed by atoms with E-state index in [9.17, 15) is 0 Å². The maximum atomic E-state index is 6.06. The summed E-state index contributed by atoms with van der Waals surface area (Å²) in [7, 11) is 0. The summed E-state index contributed by atoms with van der Waals surface area (Å²) in [5.74, 6) is 0. The largest absolute Gasteiger partial charge is 0.327 e. The van der Waals surface area contributed by atoms with Gasteiger partial charge in [0.15, 0.2) is 0 Å². The molecule has 1 aliphatic rings. The molecule has 3 rings (SSSR count). The molecule has 2 aromatic rings. The van der Waals surface area contributed by atoms with Gasteiger partial charge in [-0.2, -0.15) is 5.10 Å². The summed E-state index contributed by atoms with van der Waals surface area (Å²) < 4.78 is 0. The van der Waals surface area contributed by atoms with Gasteiger partial charge in [-0.15, -0.1) is 0 Å². The topological polar surface area (TPSA) is 54.7 Å². The van der Waals surface area contributed by atoms with Gasteiger partial charge >= 0.3 is 0 Å². The molecule has 88 valence electrons. The van der Waals surface area contributed by atoms with E-state index in [-0.39, 0.29) is 11.5 Å². The molecule has 0 radical (unpaired) electrons. The van der Waals surface area contributed by atoms with Gasteiger partial charge in [0, 0.05) is 22.7 Å². The monoisotopic (exact) mass is 227 g/mol. The van der Waals surface area contributed by atoms with E-state index in [4.69, 9.17) is 5.73 Å². The Morgan fingerprint density at radius 3 is 2.59 bits per heavy atom. The van der Waals surface area contributed by atoms with Crippen LogP contribution in [0.3, 0.4) is 0 Å². The van der Waals surface area contributed by atoms with E-state index < -0.39 is 0 Å². The number of hydrogen-bond donors (Lipinski definition) is 2. The average Bonchev–Trinajstić information content (AvgIpc) is 3.02. The molecule has 1 saturated carbocycles. The summed E-state index contributed by atoms with van der Waals surface area (Å²) in [6.45, 7) is 2.08. The van der Waals surface area contributed by atoms with Crippen molar-refractivity contribution in [1.82, 2.24) is 10.2 Å². The standard InChI is InChI=1S/C14H17N3/c1-10(15)14(7-8-14)13-9-12(16-17-13)11-5-3-2-4-6-11/h2-6,9-10H,7-8,15H2,1H3,(H,16,17). The molecule has 1 aliphatic carbocycles. The quantitative estimate of drug-likeness (QED) is 0.846. The zero-order valence-corrected chi connectivity index (χ0v) is 9.98. The highest BCUT2D eigenvalue weighted by Crippen LogP contribution is 2.49. The fraction of sp³-hybridized carbons (Fsp3) is 0.357. The predicted molar refractivity (Wildman–Crippen MR) is 68.6 cm³/mol. The molecule has 3 heteroatoms. The molecular weight excluding hydrogens is 210 g/mol. The van der Waals surface area contributed by atoms with Crippen LogP contribution in [0.5, 0.6) is 0 Å². The van der Waals surface area contributed by atoms with Crippen LogP contribution in [-0.4, -0.2) is 16.2 Å². The Kier molecular flexibility index (Phi) is 2.30. The van der Waals surface area contributed by atoms with E-state index in [1.165, 1.54) is 18.5 Å². The van der Waals surface area contributed by atoms with Crippen LogP contribution >= 0.6 is 0 Å². The van der Waals surface area contributed by atoms with E-state index in [0.29, 0.717) is 0 Å². The maximum absolute atomic E-state index is 6.06. The van der Waals surface area contributed by atoms with Crippen LogP contribution in [0.2, 0.25) is 0 Å². The minimum atomic E-state index is 0.153. The lowest BCUT2D eigenvalue weighted by atomic mass is 9.94. The Hall–Kier alpha value is -1.61. The smallest absolute Gasteiger partial charge is 0.0923 e. The van der Waals surface area contributed by atoms with E-state index >= 15 is 0 Å². The molecule has 1 atom stereocenters. The number of rotatable bonds is 3. The summed E-state index contributed by atoms with van der Waals surface area (Å²) in [5, 5.41) is 7.55. The predicted octanol–water partition coefficient (Wildman–Crippen LogP) is 2.46. The molecule has 0 spiro atoms. The number of nitrogens with zero attached hydrogens (tertiary/aromatic N) is 1. The van der Waals surface area contributed by atoms with Crippen molar-refractivity contribution in [3.8, 4) is 11.3 Å². The van der Waals surface area contributed by atoms with Crippen molar-refractivity contribution in [2.75, 3.05) is 0 Å². The first-order valence-electron chi connectivity index (χ1n) is 6.09. The molecule has 1 unspecified atom stereocenters. The molecule has 0 saturated heterocycles. The molecule has 1 aromatic carbocycles. The summed E-state index contributed by atoms with van der Waals surface area (Å²) >= 11 is 0. The van der Waals surface area contributed by atoms with Gasteiger partial charge in [-0.05, 0) is 25.8 Å². The first kappa shape index (κ1) is 10.5. The van der Waals surface area contributed by atoms with Gasteiger partial charge < -0.3 is 5.73 Å². The number of aromatic nitrogens is 2. The van der Waals surface area contributed by atoms with E-state index in [0.717, 1.165) is 11.3 Å². The van der Waals surface area contributed by atoms with Crippen molar-refractivity contribution in [2.45, 2.75) is 31.2 Å². The lowest BCUT2D eigenvalue weighted by Crippen LogP contribution is -2.31. The van der Waals surface area contributed by atoms with Crippen molar-refractivity contribution in [3.05, 3.63) is 42.1 Å². The van der Waals surface area contributed by atoms with Crippen molar-refractivity contribution >= 4 is 0 Å². The minimum Gasteiger partial charge on any atom is -0.327 e. The van der Waals surface area contributed by atoms with E-state index in [1.807, 2.05) is 18.2 Å². The molecule has 17 heavy (non-hydrogen) atoms. The highest BCUT2D eigenvalue weighted by Gasteiger charge is 2.48. The van der Waals surface area contributed by atoms with E-state index in [1.54, 1.807) is 0 Å². The highest BCUT2D eigenvalue weighted by atomic mass is 15.1. The molecule has 0 aliphatic heterocycles. The molecule has 3 N–H and O–H groups in total. The lowest BCUT2D eigenvalue weighted by molar-refractivity contribution is 0.541. The third-order valence-corrected chi connectivity index (χ3v) is 3.84. The second-order valence-electron chi connectivity index (χ2n) is 4.98. The van der Waals surface area contributed by atoms with Crippen molar-refractivity contribution in [2.24, 2.45) is 5.73 Å². The number of nitrogens with two attached hydrogens (primary N) is 1. The lowest BCUT2D eigenvalue weighted by Gasteiger charge is -2.16. The van der Waals surface area contributed by atoms with Crippen LogP contribution in [0, 0.1) is 0 Å². The van der Waals surface area contributed by atoms with Gasteiger partial charge in [-0.1, -0.05) is 30.3 Å². The third kappa shape index (κ3) is 1.67. The fourth-order valence-electron chi connectivity index (χ4n) is 2.44. The molecule has 3 nitrogen and oxygen atoms in total. The summed E-state index contributed by atoms with van der Waals surface area (Å²) in [4.78, 5) is 0. The average molecular weight is 227 g/mol. The Morgan fingerprint density at radius 1 is 1.29 bits per heavy atom. The maximum Gasteiger partial charge on any atom is 0.0923 e. The second kappa shape index (κ2) is 3.70. The third-order valence-electron chi connectivity index (χ3n) is 3.84. The number of nitrogens with one attached hydrogen (secondary N) is 1. The normalized spacial score (nSPS) is 18.9. The van der Waals surface area contributed by atoms with Crippen molar-refractivity contribution in [1.29, 1.82) is 0 Å². The number of hydrogen-bond acceptors (Lipinski definition) is 2. The molecule has 0 bridgehead atoms. The van der Waals surface area contributed by atoms with Gasteiger partial charge in [0.1, 0.15) is 0 Å². The SMILES string of the molecule is CC(N)C1(c2cc(-c3ccccc3)n[nH]2)CC1. The summed E-state index contributed by atoms with van der Waals surface area (Å²) in [5.41, 5.74) is 9.56. The van der Waals surface area contributed by atoms with Gasteiger partial charge in [-0.25, -0.2) is 0 Å². The Morgan fingerprint density at radius 2 is 2.00 bits per heavy atom. The zero-order valence-electron chi connectivity index (χ0n) is 9.98.